The van der Waals surface area contributed by atoms with Crippen LogP contribution >= 0.6 is 27.3 Å². The van der Waals surface area contributed by atoms with E-state index in [1.54, 1.807) is 11.3 Å². The van der Waals surface area contributed by atoms with E-state index in [0.717, 1.165) is 50.4 Å². The van der Waals surface area contributed by atoms with Crippen molar-refractivity contribution < 1.29 is 4.79 Å². The number of amides is 1. The van der Waals surface area contributed by atoms with Gasteiger partial charge >= 0.3 is 0 Å². The highest BCUT2D eigenvalue weighted by Gasteiger charge is 2.23. The monoisotopic (exact) mass is 490 g/mol. The lowest BCUT2D eigenvalue weighted by Crippen LogP contribution is -2.18. The number of hydrogen-bond donors (Lipinski definition) is 2. The predicted molar refractivity (Wildman–Crippen MR) is 129 cm³/mol. The van der Waals surface area contributed by atoms with Gasteiger partial charge in [-0.3, -0.25) is 4.79 Å². The van der Waals surface area contributed by atoms with Crippen LogP contribution in [0.25, 0.3) is 21.8 Å². The molecular formula is C24H19BrN4OS. The van der Waals surface area contributed by atoms with Crippen LogP contribution < -0.4 is 11.1 Å². The maximum Gasteiger partial charge on any atom is 0.230 e. The number of nitrogens with zero attached hydrogens (tertiary/aromatic N) is 2. The highest BCUT2D eigenvalue weighted by atomic mass is 79.9. The molecule has 2 aromatic heterocycles. The zero-order valence-corrected chi connectivity index (χ0v) is 19.0. The number of anilines is 2. The zero-order chi connectivity index (χ0) is 21.4. The Hall–Kier alpha value is -3.03. The van der Waals surface area contributed by atoms with E-state index in [1.165, 1.54) is 5.56 Å². The Labute approximate surface area is 192 Å². The molecule has 2 aromatic carbocycles. The van der Waals surface area contributed by atoms with Crippen LogP contribution in [0.15, 0.2) is 64.5 Å². The van der Waals surface area contributed by atoms with Gasteiger partial charge in [-0.1, -0.05) is 40.2 Å². The van der Waals surface area contributed by atoms with Gasteiger partial charge in [-0.25, -0.2) is 9.97 Å². The minimum atomic E-state index is -0.113. The van der Waals surface area contributed by atoms with Crippen molar-refractivity contribution >= 4 is 44.7 Å². The van der Waals surface area contributed by atoms with E-state index in [2.05, 4.69) is 21.2 Å². The van der Waals surface area contributed by atoms with Crippen LogP contribution in [0.1, 0.15) is 16.8 Å². The normalized spacial score (nSPS) is 12.2. The number of carbonyl (C=O) groups is 1. The number of nitrogens with two attached hydrogens (primary N) is 1. The second-order valence-corrected chi connectivity index (χ2v) is 9.32. The van der Waals surface area contributed by atoms with Crippen LogP contribution in [-0.2, 0) is 24.1 Å². The molecular weight excluding hydrogens is 472 g/mol. The number of thiophene rings is 1. The molecule has 0 atom stereocenters. The van der Waals surface area contributed by atoms with Gasteiger partial charge in [0.2, 0.25) is 5.91 Å². The Morgan fingerprint density at radius 1 is 1.06 bits per heavy atom. The molecule has 0 aliphatic heterocycles. The highest BCUT2D eigenvalue weighted by molar-refractivity contribution is 9.10. The summed E-state index contributed by atoms with van der Waals surface area (Å²) in [4.78, 5) is 23.6. The molecule has 3 N–H and O–H groups in total. The van der Waals surface area contributed by atoms with Crippen molar-refractivity contribution in [3.8, 4) is 21.8 Å². The number of aryl methyl sites for hydroxylation is 2. The molecule has 0 spiro atoms. The van der Waals surface area contributed by atoms with Gasteiger partial charge in [-0.2, -0.15) is 0 Å². The standard InChI is InChI=1S/C24H19BrN4OS/c25-16-6-3-14(4-7-16)12-21(30)28-24-23(20-2-1-11-31-20)29-22-18-9-8-17(26)13-15(18)5-10-19(22)27-24/h1-4,6-9,11,13H,5,10,12,26H2,(H,27,28,30). The maximum atomic E-state index is 12.8. The lowest BCUT2D eigenvalue weighted by molar-refractivity contribution is -0.115. The van der Waals surface area contributed by atoms with Gasteiger partial charge in [0.15, 0.2) is 5.82 Å². The minimum Gasteiger partial charge on any atom is -0.399 e. The first-order valence-electron chi connectivity index (χ1n) is 9.94. The minimum absolute atomic E-state index is 0.113. The maximum absolute atomic E-state index is 12.8. The molecule has 0 bridgehead atoms. The SMILES string of the molecule is Nc1ccc2c(c1)CCc1nc(NC(=O)Cc3ccc(Br)cc3)c(-c3cccs3)nc1-2. The molecule has 1 aliphatic carbocycles. The van der Waals surface area contributed by atoms with Crippen molar-refractivity contribution in [2.75, 3.05) is 11.1 Å². The number of nitrogen functional groups attached to an aromatic ring is 1. The summed E-state index contributed by atoms with van der Waals surface area (Å²) in [5.41, 5.74) is 12.4. The van der Waals surface area contributed by atoms with E-state index in [1.807, 2.05) is 60.0 Å². The first kappa shape index (κ1) is 19.9. The van der Waals surface area contributed by atoms with E-state index in [-0.39, 0.29) is 12.3 Å². The summed E-state index contributed by atoms with van der Waals surface area (Å²) in [5, 5.41) is 5.01. The summed E-state index contributed by atoms with van der Waals surface area (Å²) in [5.74, 6) is 0.403. The number of aromatic nitrogens is 2. The molecule has 0 saturated carbocycles. The van der Waals surface area contributed by atoms with Crippen molar-refractivity contribution in [2.24, 2.45) is 0 Å². The zero-order valence-electron chi connectivity index (χ0n) is 16.6. The van der Waals surface area contributed by atoms with Crippen LogP contribution in [0.3, 0.4) is 0 Å². The molecule has 7 heteroatoms. The highest BCUT2D eigenvalue weighted by Crippen LogP contribution is 2.37. The molecule has 5 nitrogen and oxygen atoms in total. The Morgan fingerprint density at radius 2 is 1.90 bits per heavy atom. The predicted octanol–water partition coefficient (Wildman–Crippen LogP) is 5.50. The summed E-state index contributed by atoms with van der Waals surface area (Å²) in [6.07, 6.45) is 1.89. The van der Waals surface area contributed by atoms with Crippen LogP contribution in [0, 0.1) is 0 Å². The van der Waals surface area contributed by atoms with E-state index < -0.39 is 0 Å². The Morgan fingerprint density at radius 3 is 2.68 bits per heavy atom. The number of benzene rings is 2. The number of nitrogens with one attached hydrogen (secondary N) is 1. The largest absolute Gasteiger partial charge is 0.399 e. The quantitative estimate of drug-likeness (QED) is 0.370. The van der Waals surface area contributed by atoms with Crippen molar-refractivity contribution in [1.82, 2.24) is 9.97 Å². The summed E-state index contributed by atoms with van der Waals surface area (Å²) in [6, 6.07) is 17.6. The Bertz CT molecular complexity index is 1270. The van der Waals surface area contributed by atoms with Gasteiger partial charge < -0.3 is 11.1 Å². The molecule has 0 unspecified atom stereocenters. The smallest absolute Gasteiger partial charge is 0.230 e. The van der Waals surface area contributed by atoms with Gasteiger partial charge in [0, 0.05) is 15.7 Å². The number of fused-ring (bicyclic) bond motifs is 3. The van der Waals surface area contributed by atoms with Crippen LogP contribution in [0.5, 0.6) is 0 Å². The third kappa shape index (κ3) is 4.11. The van der Waals surface area contributed by atoms with Gasteiger partial charge in [0.1, 0.15) is 5.69 Å². The molecule has 154 valence electrons. The lowest BCUT2D eigenvalue weighted by atomic mass is 9.91. The van der Waals surface area contributed by atoms with E-state index in [0.29, 0.717) is 11.5 Å². The number of carbonyl (C=O) groups excluding carboxylic acids is 1. The molecule has 1 amide bonds. The molecule has 0 fully saturated rings. The number of halogens is 1. The fraction of sp³-hybridized carbons (Fsp3) is 0.125. The summed E-state index contributed by atoms with van der Waals surface area (Å²) in [6.45, 7) is 0. The Balaban J connectivity index is 1.52. The van der Waals surface area contributed by atoms with Crippen molar-refractivity contribution in [3.63, 3.8) is 0 Å². The van der Waals surface area contributed by atoms with Gasteiger partial charge in [-0.15, -0.1) is 11.3 Å². The summed E-state index contributed by atoms with van der Waals surface area (Å²) < 4.78 is 0.985. The average molecular weight is 491 g/mol. The number of hydrogen-bond acceptors (Lipinski definition) is 5. The molecule has 0 saturated heterocycles. The topological polar surface area (TPSA) is 80.9 Å². The average Bonchev–Trinajstić information content (AvgIpc) is 3.29. The molecule has 5 rings (SSSR count). The lowest BCUT2D eigenvalue weighted by Gasteiger charge is -2.21. The Kier molecular flexibility index (Phi) is 5.29. The van der Waals surface area contributed by atoms with Crippen LogP contribution in [-0.4, -0.2) is 15.9 Å². The van der Waals surface area contributed by atoms with Gasteiger partial charge in [0.05, 0.1) is 22.7 Å². The summed E-state index contributed by atoms with van der Waals surface area (Å²) in [7, 11) is 0. The fourth-order valence-corrected chi connectivity index (χ4v) is 4.78. The van der Waals surface area contributed by atoms with Crippen LogP contribution in [0.2, 0.25) is 0 Å². The molecule has 4 aromatic rings. The second kappa shape index (κ2) is 8.24. The number of rotatable bonds is 4. The van der Waals surface area contributed by atoms with Crippen molar-refractivity contribution in [2.45, 2.75) is 19.3 Å². The van der Waals surface area contributed by atoms with E-state index in [4.69, 9.17) is 15.7 Å². The summed E-state index contributed by atoms with van der Waals surface area (Å²) >= 11 is 5.00. The molecule has 1 aliphatic rings. The first-order chi connectivity index (χ1) is 15.1. The second-order valence-electron chi connectivity index (χ2n) is 7.46. The van der Waals surface area contributed by atoms with Crippen molar-refractivity contribution in [3.05, 3.63) is 81.3 Å². The third-order valence-electron chi connectivity index (χ3n) is 5.27. The van der Waals surface area contributed by atoms with Crippen LogP contribution in [0.4, 0.5) is 11.5 Å². The van der Waals surface area contributed by atoms with Gasteiger partial charge in [-0.05, 0) is 59.7 Å². The molecule has 31 heavy (non-hydrogen) atoms. The fourth-order valence-electron chi connectivity index (χ4n) is 3.80. The van der Waals surface area contributed by atoms with Crippen molar-refractivity contribution in [1.29, 1.82) is 0 Å². The first-order valence-corrected chi connectivity index (χ1v) is 11.6. The third-order valence-corrected chi connectivity index (χ3v) is 6.68. The van der Waals surface area contributed by atoms with Gasteiger partial charge in [0.25, 0.3) is 0 Å². The van der Waals surface area contributed by atoms with E-state index >= 15 is 0 Å². The molecule has 2 heterocycles. The van der Waals surface area contributed by atoms with E-state index in [9.17, 15) is 4.79 Å². The molecule has 0 radical (unpaired) electrons.